The van der Waals surface area contributed by atoms with Crippen LogP contribution in [0.5, 0.6) is 0 Å². The average molecular weight is 368 g/mol. The zero-order valence-corrected chi connectivity index (χ0v) is 14.3. The molecule has 4 aromatic rings. The van der Waals surface area contributed by atoms with E-state index >= 15 is 0 Å². The summed E-state index contributed by atoms with van der Waals surface area (Å²) < 4.78 is 0. The smallest absolute Gasteiger partial charge is 0.245 e. The molecule has 1 heterocycles. The standard InChI is InChI=1S/C18H11Cl2N5/c19-16-22-17(20)24-18(23-16)25-21-10-15-13-7-3-1-5-11(13)9-12-6-2-4-8-14(12)15/h1-10H,(H,22,23,24,25)/b21-10+. The van der Waals surface area contributed by atoms with Crippen molar-refractivity contribution in [3.05, 3.63) is 70.7 Å². The molecule has 25 heavy (non-hydrogen) atoms. The summed E-state index contributed by atoms with van der Waals surface area (Å²) in [7, 11) is 0. The summed E-state index contributed by atoms with van der Waals surface area (Å²) in [5.74, 6) is 0.186. The summed E-state index contributed by atoms with van der Waals surface area (Å²) in [4.78, 5) is 11.5. The summed E-state index contributed by atoms with van der Waals surface area (Å²) in [5, 5.41) is 8.78. The van der Waals surface area contributed by atoms with Crippen LogP contribution in [0.15, 0.2) is 59.7 Å². The highest BCUT2D eigenvalue weighted by Crippen LogP contribution is 2.27. The SMILES string of the molecule is Clc1nc(Cl)nc(N/N=C/c2c3ccccc3cc3ccccc23)n1. The molecule has 5 nitrogen and oxygen atoms in total. The number of hydrazone groups is 1. The molecule has 0 bridgehead atoms. The molecule has 0 atom stereocenters. The lowest BCUT2D eigenvalue weighted by molar-refractivity contribution is 1.03. The molecule has 4 rings (SSSR count). The summed E-state index contributed by atoms with van der Waals surface area (Å²) in [5.41, 5.74) is 3.75. The minimum Gasteiger partial charge on any atom is -0.245 e. The molecule has 0 aliphatic carbocycles. The van der Waals surface area contributed by atoms with Crippen LogP contribution >= 0.6 is 23.2 Å². The molecule has 122 valence electrons. The van der Waals surface area contributed by atoms with Gasteiger partial charge in [-0.25, -0.2) is 5.43 Å². The lowest BCUT2D eigenvalue weighted by Crippen LogP contribution is -1.99. The van der Waals surface area contributed by atoms with E-state index in [4.69, 9.17) is 23.2 Å². The van der Waals surface area contributed by atoms with Gasteiger partial charge in [-0.05, 0) is 50.8 Å². The van der Waals surface area contributed by atoms with Crippen molar-refractivity contribution in [1.82, 2.24) is 15.0 Å². The van der Waals surface area contributed by atoms with Gasteiger partial charge in [0.2, 0.25) is 16.5 Å². The maximum Gasteiger partial charge on any atom is 0.249 e. The van der Waals surface area contributed by atoms with Gasteiger partial charge in [-0.3, -0.25) is 0 Å². The van der Waals surface area contributed by atoms with E-state index in [0.717, 1.165) is 27.1 Å². The zero-order chi connectivity index (χ0) is 17.2. The Balaban J connectivity index is 1.79. The van der Waals surface area contributed by atoms with Crippen LogP contribution < -0.4 is 5.43 Å². The molecule has 0 aliphatic rings. The number of halogens is 2. The van der Waals surface area contributed by atoms with Crippen molar-refractivity contribution in [3.63, 3.8) is 0 Å². The van der Waals surface area contributed by atoms with E-state index < -0.39 is 0 Å². The minimum atomic E-state index is 0.00770. The van der Waals surface area contributed by atoms with Crippen LogP contribution in [0.3, 0.4) is 0 Å². The quantitative estimate of drug-likeness (QED) is 0.316. The Labute approximate surface area is 153 Å². The minimum absolute atomic E-state index is 0.00770. The molecular formula is C18H11Cl2N5. The van der Waals surface area contributed by atoms with Crippen LogP contribution in [-0.2, 0) is 0 Å². The van der Waals surface area contributed by atoms with Crippen molar-refractivity contribution in [1.29, 1.82) is 0 Å². The molecule has 0 spiro atoms. The first-order chi connectivity index (χ1) is 12.2. The van der Waals surface area contributed by atoms with E-state index in [-0.39, 0.29) is 16.5 Å². The van der Waals surface area contributed by atoms with Crippen molar-refractivity contribution in [2.75, 3.05) is 5.43 Å². The van der Waals surface area contributed by atoms with E-state index in [1.807, 2.05) is 24.3 Å². The molecule has 0 fully saturated rings. The van der Waals surface area contributed by atoms with Gasteiger partial charge >= 0.3 is 0 Å². The lowest BCUT2D eigenvalue weighted by Gasteiger charge is -2.08. The molecule has 1 N–H and O–H groups in total. The molecule has 3 aromatic carbocycles. The van der Waals surface area contributed by atoms with Crippen LogP contribution in [0.4, 0.5) is 5.95 Å². The predicted octanol–water partition coefficient (Wildman–Crippen LogP) is 4.93. The lowest BCUT2D eigenvalue weighted by atomic mass is 9.97. The third kappa shape index (κ3) is 3.24. The summed E-state index contributed by atoms with van der Waals surface area (Å²) >= 11 is 11.5. The van der Waals surface area contributed by atoms with E-state index in [0.29, 0.717) is 0 Å². The first kappa shape index (κ1) is 15.7. The largest absolute Gasteiger partial charge is 0.249 e. The van der Waals surface area contributed by atoms with Crippen molar-refractivity contribution >= 4 is 56.9 Å². The molecule has 0 radical (unpaired) electrons. The van der Waals surface area contributed by atoms with Crippen LogP contribution in [0.1, 0.15) is 5.56 Å². The van der Waals surface area contributed by atoms with Gasteiger partial charge in [-0.2, -0.15) is 20.1 Å². The molecule has 0 saturated heterocycles. The number of anilines is 1. The van der Waals surface area contributed by atoms with Crippen LogP contribution in [-0.4, -0.2) is 21.2 Å². The molecule has 0 saturated carbocycles. The maximum absolute atomic E-state index is 5.76. The molecule has 7 heteroatoms. The van der Waals surface area contributed by atoms with Crippen molar-refractivity contribution in [2.45, 2.75) is 0 Å². The fourth-order valence-electron chi connectivity index (χ4n) is 2.72. The Bertz CT molecular complexity index is 1040. The second kappa shape index (κ2) is 6.63. The number of hydrogen-bond donors (Lipinski definition) is 1. The molecule has 0 aliphatic heterocycles. The number of fused-ring (bicyclic) bond motifs is 2. The van der Waals surface area contributed by atoms with Crippen molar-refractivity contribution < 1.29 is 0 Å². The predicted molar refractivity (Wildman–Crippen MR) is 103 cm³/mol. The normalized spacial score (nSPS) is 11.4. The number of benzene rings is 3. The van der Waals surface area contributed by atoms with Gasteiger partial charge in [-0.1, -0.05) is 48.5 Å². The molecule has 0 amide bonds. The summed E-state index contributed by atoms with van der Waals surface area (Å²) in [6.45, 7) is 0. The third-order valence-corrected chi connectivity index (χ3v) is 4.09. The number of nitrogens with zero attached hydrogens (tertiary/aromatic N) is 4. The topological polar surface area (TPSA) is 63.1 Å². The van der Waals surface area contributed by atoms with Crippen LogP contribution in [0, 0.1) is 0 Å². The number of hydrogen-bond acceptors (Lipinski definition) is 5. The van der Waals surface area contributed by atoms with Crippen molar-refractivity contribution in [3.8, 4) is 0 Å². The van der Waals surface area contributed by atoms with Crippen molar-refractivity contribution in [2.24, 2.45) is 5.10 Å². The zero-order valence-electron chi connectivity index (χ0n) is 12.8. The fourth-order valence-corrected chi connectivity index (χ4v) is 3.08. The molecule has 1 aromatic heterocycles. The molecule has 0 unspecified atom stereocenters. The van der Waals surface area contributed by atoms with Gasteiger partial charge in [0.1, 0.15) is 0 Å². The summed E-state index contributed by atoms with van der Waals surface area (Å²) in [6, 6.07) is 18.5. The number of aromatic nitrogens is 3. The highest BCUT2D eigenvalue weighted by molar-refractivity contribution is 6.31. The Morgan fingerprint density at radius 3 is 1.96 bits per heavy atom. The molecular weight excluding hydrogens is 357 g/mol. The number of rotatable bonds is 3. The Kier molecular flexibility index (Phi) is 4.17. The van der Waals surface area contributed by atoms with E-state index in [9.17, 15) is 0 Å². The second-order valence-corrected chi connectivity index (χ2v) is 5.98. The van der Waals surface area contributed by atoms with Gasteiger partial charge in [-0.15, -0.1) is 0 Å². The Morgan fingerprint density at radius 1 is 0.800 bits per heavy atom. The second-order valence-electron chi connectivity index (χ2n) is 5.30. The maximum atomic E-state index is 5.76. The monoisotopic (exact) mass is 367 g/mol. The van der Waals surface area contributed by atoms with Gasteiger partial charge in [0, 0.05) is 5.56 Å². The van der Waals surface area contributed by atoms with Crippen LogP contribution in [0.2, 0.25) is 10.6 Å². The van der Waals surface area contributed by atoms with Gasteiger partial charge in [0.05, 0.1) is 6.21 Å². The third-order valence-electron chi connectivity index (χ3n) is 3.75. The number of nitrogens with one attached hydrogen (secondary N) is 1. The average Bonchev–Trinajstić information content (AvgIpc) is 2.60. The highest BCUT2D eigenvalue weighted by Gasteiger charge is 2.06. The first-order valence-electron chi connectivity index (χ1n) is 7.47. The van der Waals surface area contributed by atoms with E-state index in [2.05, 4.69) is 55.8 Å². The fraction of sp³-hybridized carbons (Fsp3) is 0. The Hall–Kier alpha value is -2.76. The highest BCUT2D eigenvalue weighted by atomic mass is 35.5. The van der Waals surface area contributed by atoms with E-state index in [1.165, 1.54) is 0 Å². The van der Waals surface area contributed by atoms with E-state index in [1.54, 1.807) is 6.21 Å². The first-order valence-corrected chi connectivity index (χ1v) is 8.23. The Morgan fingerprint density at radius 2 is 1.36 bits per heavy atom. The van der Waals surface area contributed by atoms with Gasteiger partial charge in [0.15, 0.2) is 0 Å². The van der Waals surface area contributed by atoms with Gasteiger partial charge in [0.25, 0.3) is 0 Å². The van der Waals surface area contributed by atoms with Crippen LogP contribution in [0.25, 0.3) is 21.5 Å². The summed E-state index contributed by atoms with van der Waals surface area (Å²) in [6.07, 6.45) is 1.75. The van der Waals surface area contributed by atoms with Gasteiger partial charge < -0.3 is 0 Å².